The van der Waals surface area contributed by atoms with Gasteiger partial charge in [-0.3, -0.25) is 4.79 Å². The summed E-state index contributed by atoms with van der Waals surface area (Å²) in [7, 11) is 3.21. The molecule has 0 atom stereocenters. The first-order valence-electron chi connectivity index (χ1n) is 8.68. The fourth-order valence-corrected chi connectivity index (χ4v) is 3.50. The summed E-state index contributed by atoms with van der Waals surface area (Å²) < 4.78 is 10.6. The van der Waals surface area contributed by atoms with Crippen LogP contribution < -0.4 is 14.8 Å². The van der Waals surface area contributed by atoms with Crippen LogP contribution in [0.5, 0.6) is 11.5 Å². The van der Waals surface area contributed by atoms with Crippen LogP contribution in [0.3, 0.4) is 0 Å². The summed E-state index contributed by atoms with van der Waals surface area (Å²) in [4.78, 5) is 16.9. The van der Waals surface area contributed by atoms with Crippen LogP contribution in [0.4, 0.5) is 5.69 Å². The lowest BCUT2D eigenvalue weighted by molar-refractivity contribution is -0.115. The van der Waals surface area contributed by atoms with Crippen LogP contribution in [-0.2, 0) is 17.6 Å². The smallest absolute Gasteiger partial charge is 0.230 e. The molecule has 0 saturated heterocycles. The van der Waals surface area contributed by atoms with Gasteiger partial charge in [0.2, 0.25) is 5.91 Å². The van der Waals surface area contributed by atoms with E-state index in [0.29, 0.717) is 11.5 Å². The molecule has 0 unspecified atom stereocenters. The summed E-state index contributed by atoms with van der Waals surface area (Å²) in [5.74, 6) is 1.25. The van der Waals surface area contributed by atoms with Crippen molar-refractivity contribution in [2.45, 2.75) is 19.8 Å². The number of methoxy groups -OCH3 is 2. The Morgan fingerprint density at radius 2 is 1.81 bits per heavy atom. The Labute approximate surface area is 163 Å². The molecule has 0 radical (unpaired) electrons. The van der Waals surface area contributed by atoms with Crippen LogP contribution in [0.1, 0.15) is 18.2 Å². The Hall–Kier alpha value is -2.86. The van der Waals surface area contributed by atoms with E-state index in [1.807, 2.05) is 47.8 Å². The number of anilines is 1. The molecule has 1 N–H and O–H groups in total. The molecular weight excluding hydrogens is 360 g/mol. The summed E-state index contributed by atoms with van der Waals surface area (Å²) in [5, 5.41) is 5.66. The second-order valence-electron chi connectivity index (χ2n) is 5.99. The lowest BCUT2D eigenvalue weighted by atomic mass is 10.1. The maximum atomic E-state index is 12.3. The molecule has 0 fully saturated rings. The minimum absolute atomic E-state index is 0.0802. The monoisotopic (exact) mass is 382 g/mol. The molecule has 3 aromatic rings. The van der Waals surface area contributed by atoms with Crippen LogP contribution >= 0.6 is 11.3 Å². The molecule has 140 valence electrons. The van der Waals surface area contributed by atoms with Crippen molar-refractivity contribution in [3.05, 3.63) is 59.1 Å². The fraction of sp³-hybridized carbons (Fsp3) is 0.238. The number of amides is 1. The molecule has 0 saturated carbocycles. The number of nitrogens with one attached hydrogen (secondary N) is 1. The van der Waals surface area contributed by atoms with Crippen molar-refractivity contribution < 1.29 is 14.3 Å². The highest BCUT2D eigenvalue weighted by atomic mass is 32.1. The average molecular weight is 382 g/mol. The number of ether oxygens (including phenoxy) is 2. The van der Waals surface area contributed by atoms with E-state index in [0.717, 1.165) is 28.4 Å². The molecule has 2 aromatic carbocycles. The van der Waals surface area contributed by atoms with E-state index in [9.17, 15) is 4.79 Å². The summed E-state index contributed by atoms with van der Waals surface area (Å²) in [5.41, 5.74) is 3.71. The van der Waals surface area contributed by atoms with Gasteiger partial charge < -0.3 is 14.8 Å². The third kappa shape index (κ3) is 4.65. The van der Waals surface area contributed by atoms with Gasteiger partial charge in [0.05, 0.1) is 26.3 Å². The minimum atomic E-state index is -0.0802. The van der Waals surface area contributed by atoms with Gasteiger partial charge in [-0.2, -0.15) is 0 Å². The zero-order valence-electron chi connectivity index (χ0n) is 15.6. The third-order valence-electron chi connectivity index (χ3n) is 4.17. The zero-order valence-corrected chi connectivity index (χ0v) is 16.4. The number of carbonyl (C=O) groups is 1. The maximum Gasteiger partial charge on any atom is 0.230 e. The highest BCUT2D eigenvalue weighted by Crippen LogP contribution is 2.33. The maximum absolute atomic E-state index is 12.3. The molecule has 3 rings (SSSR count). The van der Waals surface area contributed by atoms with Gasteiger partial charge in [0.1, 0.15) is 5.01 Å². The zero-order chi connectivity index (χ0) is 19.2. The summed E-state index contributed by atoms with van der Waals surface area (Å²) >= 11 is 1.50. The Kier molecular flexibility index (Phi) is 6.08. The standard InChI is InChI=1S/C21H22N2O3S/c1-4-14-5-8-16(9-6-14)22-20(24)12-17-13-27-21(23-17)15-7-10-18(25-2)19(11-15)26-3/h5-11,13H,4,12H2,1-3H3,(H,22,24). The SMILES string of the molecule is CCc1ccc(NC(=O)Cc2csc(-c3ccc(OC)c(OC)c3)n2)cc1. The number of aromatic nitrogens is 1. The van der Waals surface area contributed by atoms with Crippen LogP contribution in [0, 0.1) is 0 Å². The number of benzene rings is 2. The highest BCUT2D eigenvalue weighted by molar-refractivity contribution is 7.13. The van der Waals surface area contributed by atoms with E-state index >= 15 is 0 Å². The molecule has 6 heteroatoms. The third-order valence-corrected chi connectivity index (χ3v) is 5.11. The highest BCUT2D eigenvalue weighted by Gasteiger charge is 2.12. The largest absolute Gasteiger partial charge is 0.493 e. The second kappa shape index (κ2) is 8.68. The molecule has 1 aromatic heterocycles. The number of thiazole rings is 1. The number of nitrogens with zero attached hydrogens (tertiary/aromatic N) is 1. The Morgan fingerprint density at radius 1 is 1.07 bits per heavy atom. The van der Waals surface area contributed by atoms with Crippen LogP contribution in [0.2, 0.25) is 0 Å². The topological polar surface area (TPSA) is 60.5 Å². The van der Waals surface area contributed by atoms with E-state index in [1.165, 1.54) is 16.9 Å². The van der Waals surface area contributed by atoms with Crippen LogP contribution in [-0.4, -0.2) is 25.1 Å². The molecule has 1 heterocycles. The van der Waals surface area contributed by atoms with Gasteiger partial charge in [0.15, 0.2) is 11.5 Å². The summed E-state index contributed by atoms with van der Waals surface area (Å²) in [6, 6.07) is 13.6. The first kappa shape index (κ1) is 18.9. The van der Waals surface area contributed by atoms with Crippen molar-refractivity contribution in [1.82, 2.24) is 4.98 Å². The van der Waals surface area contributed by atoms with Crippen molar-refractivity contribution in [2.75, 3.05) is 19.5 Å². The average Bonchev–Trinajstić information content (AvgIpc) is 3.16. The van der Waals surface area contributed by atoms with Crippen molar-refractivity contribution in [1.29, 1.82) is 0 Å². The van der Waals surface area contributed by atoms with Gasteiger partial charge in [-0.1, -0.05) is 19.1 Å². The van der Waals surface area contributed by atoms with E-state index in [-0.39, 0.29) is 12.3 Å². The van der Waals surface area contributed by atoms with E-state index < -0.39 is 0 Å². The molecule has 27 heavy (non-hydrogen) atoms. The van der Waals surface area contributed by atoms with Crippen LogP contribution in [0.25, 0.3) is 10.6 Å². The first-order valence-corrected chi connectivity index (χ1v) is 9.56. The lowest BCUT2D eigenvalue weighted by Crippen LogP contribution is -2.14. The molecule has 0 aliphatic rings. The van der Waals surface area contributed by atoms with Crippen molar-refractivity contribution in [3.8, 4) is 22.1 Å². The van der Waals surface area contributed by atoms with Crippen molar-refractivity contribution in [3.63, 3.8) is 0 Å². The number of carbonyl (C=O) groups excluding carboxylic acids is 1. The lowest BCUT2D eigenvalue weighted by Gasteiger charge is -2.08. The Balaban J connectivity index is 1.67. The molecule has 1 amide bonds. The normalized spacial score (nSPS) is 10.5. The van der Waals surface area contributed by atoms with Gasteiger partial charge in [0.25, 0.3) is 0 Å². The number of aryl methyl sites for hydroxylation is 1. The van der Waals surface area contributed by atoms with Crippen LogP contribution in [0.15, 0.2) is 47.8 Å². The van der Waals surface area contributed by atoms with Gasteiger partial charge in [-0.25, -0.2) is 4.98 Å². The van der Waals surface area contributed by atoms with Crippen molar-refractivity contribution >= 4 is 22.9 Å². The number of hydrogen-bond donors (Lipinski definition) is 1. The van der Waals surface area contributed by atoms with Gasteiger partial charge >= 0.3 is 0 Å². The number of hydrogen-bond acceptors (Lipinski definition) is 5. The molecule has 0 aliphatic heterocycles. The molecule has 0 spiro atoms. The fourth-order valence-electron chi connectivity index (χ4n) is 2.68. The second-order valence-corrected chi connectivity index (χ2v) is 6.85. The molecule has 0 bridgehead atoms. The molecule has 5 nitrogen and oxygen atoms in total. The van der Waals surface area contributed by atoms with E-state index in [2.05, 4.69) is 17.2 Å². The van der Waals surface area contributed by atoms with Gasteiger partial charge in [-0.15, -0.1) is 11.3 Å². The molecular formula is C21H22N2O3S. The predicted molar refractivity (Wildman–Crippen MR) is 109 cm³/mol. The summed E-state index contributed by atoms with van der Waals surface area (Å²) in [6.07, 6.45) is 1.21. The van der Waals surface area contributed by atoms with E-state index in [1.54, 1.807) is 14.2 Å². The Bertz CT molecular complexity index is 919. The first-order chi connectivity index (χ1) is 13.1. The van der Waals surface area contributed by atoms with E-state index in [4.69, 9.17) is 9.47 Å². The quantitative estimate of drug-likeness (QED) is 0.650. The minimum Gasteiger partial charge on any atom is -0.493 e. The predicted octanol–water partition coefficient (Wildman–Crippen LogP) is 4.57. The van der Waals surface area contributed by atoms with Crippen molar-refractivity contribution in [2.24, 2.45) is 0 Å². The molecule has 0 aliphatic carbocycles. The Morgan fingerprint density at radius 3 is 2.48 bits per heavy atom. The van der Waals surface area contributed by atoms with Gasteiger partial charge in [-0.05, 0) is 42.3 Å². The van der Waals surface area contributed by atoms with Gasteiger partial charge in [0, 0.05) is 16.6 Å². The number of rotatable bonds is 7. The summed E-state index contributed by atoms with van der Waals surface area (Å²) in [6.45, 7) is 2.10.